The molecule has 1 atom stereocenters. The van der Waals surface area contributed by atoms with Gasteiger partial charge in [0, 0.05) is 10.4 Å². The van der Waals surface area contributed by atoms with Gasteiger partial charge in [-0.3, -0.25) is 4.79 Å². The van der Waals surface area contributed by atoms with E-state index in [0.717, 1.165) is 22.9 Å². The highest BCUT2D eigenvalue weighted by molar-refractivity contribution is 6.30. The van der Waals surface area contributed by atoms with Crippen molar-refractivity contribution in [3.05, 3.63) is 71.2 Å². The van der Waals surface area contributed by atoms with Crippen LogP contribution in [0.15, 0.2) is 60.7 Å². The number of benzene rings is 3. The summed E-state index contributed by atoms with van der Waals surface area (Å²) in [4.78, 5) is 12.4. The van der Waals surface area contributed by atoms with Crippen LogP contribution in [0.3, 0.4) is 0 Å². The maximum Gasteiger partial charge on any atom is 0.418 e. The summed E-state index contributed by atoms with van der Waals surface area (Å²) in [5, 5.41) is 3.94. The molecular weight excluding hydrogens is 379 g/mol. The van der Waals surface area contributed by atoms with E-state index in [1.165, 1.54) is 13.0 Å². The molecule has 140 valence electrons. The third-order valence-electron chi connectivity index (χ3n) is 3.97. The molecule has 0 saturated carbocycles. The summed E-state index contributed by atoms with van der Waals surface area (Å²) in [5.74, 6) is -0.223. The molecule has 1 unspecified atom stereocenters. The maximum atomic E-state index is 13.2. The molecule has 3 rings (SSSR count). The van der Waals surface area contributed by atoms with Crippen LogP contribution in [0.25, 0.3) is 10.8 Å². The van der Waals surface area contributed by atoms with Crippen molar-refractivity contribution in [1.82, 2.24) is 0 Å². The van der Waals surface area contributed by atoms with Gasteiger partial charge in [-0.05, 0) is 36.6 Å². The Kier molecular flexibility index (Phi) is 5.28. The molecule has 0 heterocycles. The molecule has 0 spiro atoms. The van der Waals surface area contributed by atoms with Gasteiger partial charge < -0.3 is 10.1 Å². The number of carbonyl (C=O) groups is 1. The van der Waals surface area contributed by atoms with E-state index in [4.69, 9.17) is 16.3 Å². The summed E-state index contributed by atoms with van der Waals surface area (Å²) in [6.45, 7) is 1.47. The van der Waals surface area contributed by atoms with Gasteiger partial charge in [-0.2, -0.15) is 13.2 Å². The third-order valence-corrected chi connectivity index (χ3v) is 4.20. The topological polar surface area (TPSA) is 38.3 Å². The smallest absolute Gasteiger partial charge is 0.418 e. The second-order valence-electron chi connectivity index (χ2n) is 5.91. The molecule has 0 fully saturated rings. The second kappa shape index (κ2) is 7.48. The Hall–Kier alpha value is -2.73. The van der Waals surface area contributed by atoms with Gasteiger partial charge in [-0.1, -0.05) is 48.0 Å². The summed E-state index contributed by atoms with van der Waals surface area (Å²) in [6, 6.07) is 16.0. The SMILES string of the molecule is CC(Oc1cccc2ccccc12)C(=O)Nc1ccc(Cl)cc1C(F)(F)F. The molecule has 0 bridgehead atoms. The molecule has 0 aliphatic carbocycles. The summed E-state index contributed by atoms with van der Waals surface area (Å²) < 4.78 is 45.2. The Morgan fingerprint density at radius 2 is 1.78 bits per heavy atom. The van der Waals surface area contributed by atoms with Gasteiger partial charge in [-0.15, -0.1) is 0 Å². The van der Waals surface area contributed by atoms with E-state index in [0.29, 0.717) is 5.75 Å². The molecule has 3 aromatic carbocycles. The highest BCUT2D eigenvalue weighted by atomic mass is 35.5. The van der Waals surface area contributed by atoms with Crippen LogP contribution in [0.1, 0.15) is 12.5 Å². The molecular formula is C20H15ClF3NO2. The summed E-state index contributed by atoms with van der Waals surface area (Å²) in [6.07, 6.45) is -5.65. The first-order chi connectivity index (χ1) is 12.8. The normalized spacial score (nSPS) is 12.6. The number of halogens is 4. The van der Waals surface area contributed by atoms with Gasteiger partial charge in [0.1, 0.15) is 5.75 Å². The van der Waals surface area contributed by atoms with Gasteiger partial charge in [0.15, 0.2) is 6.10 Å². The lowest BCUT2D eigenvalue weighted by molar-refractivity contribution is -0.137. The van der Waals surface area contributed by atoms with E-state index in [-0.39, 0.29) is 10.7 Å². The van der Waals surface area contributed by atoms with Crippen molar-refractivity contribution >= 4 is 34.0 Å². The van der Waals surface area contributed by atoms with Crippen molar-refractivity contribution in [2.75, 3.05) is 5.32 Å². The van der Waals surface area contributed by atoms with Crippen LogP contribution in [0.4, 0.5) is 18.9 Å². The Morgan fingerprint density at radius 1 is 1.07 bits per heavy atom. The van der Waals surface area contributed by atoms with Crippen LogP contribution < -0.4 is 10.1 Å². The van der Waals surface area contributed by atoms with Crippen LogP contribution in [0.5, 0.6) is 5.75 Å². The minimum atomic E-state index is -4.65. The molecule has 0 aliphatic heterocycles. The zero-order valence-corrected chi connectivity index (χ0v) is 14.9. The number of hydrogen-bond donors (Lipinski definition) is 1. The number of alkyl halides is 3. The highest BCUT2D eigenvalue weighted by Crippen LogP contribution is 2.36. The quantitative estimate of drug-likeness (QED) is 0.597. The fourth-order valence-electron chi connectivity index (χ4n) is 2.64. The first kappa shape index (κ1) is 19.0. The first-order valence-electron chi connectivity index (χ1n) is 8.08. The fourth-order valence-corrected chi connectivity index (χ4v) is 2.81. The van der Waals surface area contributed by atoms with Crippen LogP contribution >= 0.6 is 11.6 Å². The molecule has 0 radical (unpaired) electrons. The summed E-state index contributed by atoms with van der Waals surface area (Å²) >= 11 is 5.65. The Bertz CT molecular complexity index is 983. The molecule has 0 aliphatic rings. The van der Waals surface area contributed by atoms with E-state index in [2.05, 4.69) is 5.32 Å². The van der Waals surface area contributed by atoms with Crippen LogP contribution in [-0.2, 0) is 11.0 Å². The largest absolute Gasteiger partial charge is 0.480 e. The zero-order valence-electron chi connectivity index (χ0n) is 14.2. The number of ether oxygens (including phenoxy) is 1. The van der Waals surface area contributed by atoms with E-state index in [1.54, 1.807) is 12.1 Å². The predicted octanol–water partition coefficient (Wildman–Crippen LogP) is 5.92. The lowest BCUT2D eigenvalue weighted by Gasteiger charge is -2.18. The molecule has 27 heavy (non-hydrogen) atoms. The van der Waals surface area contributed by atoms with Gasteiger partial charge in [-0.25, -0.2) is 0 Å². The van der Waals surface area contributed by atoms with E-state index in [9.17, 15) is 18.0 Å². The summed E-state index contributed by atoms with van der Waals surface area (Å²) in [7, 11) is 0. The van der Waals surface area contributed by atoms with Gasteiger partial charge >= 0.3 is 6.18 Å². The molecule has 1 N–H and O–H groups in total. The van der Waals surface area contributed by atoms with Gasteiger partial charge in [0.25, 0.3) is 5.91 Å². The molecule has 3 aromatic rings. The molecule has 0 saturated heterocycles. The molecule has 7 heteroatoms. The van der Waals surface area contributed by atoms with Crippen LogP contribution in [0, 0.1) is 0 Å². The average molecular weight is 394 g/mol. The third kappa shape index (κ3) is 4.34. The first-order valence-corrected chi connectivity index (χ1v) is 8.45. The van der Waals surface area contributed by atoms with E-state index in [1.807, 2.05) is 30.3 Å². The number of carbonyl (C=O) groups excluding carboxylic acids is 1. The number of rotatable bonds is 4. The summed E-state index contributed by atoms with van der Waals surface area (Å²) in [5.41, 5.74) is -1.38. The predicted molar refractivity (Wildman–Crippen MR) is 99.1 cm³/mol. The maximum absolute atomic E-state index is 13.2. The minimum absolute atomic E-state index is 0.0691. The molecule has 0 aromatic heterocycles. The zero-order chi connectivity index (χ0) is 19.6. The van der Waals surface area contributed by atoms with Crippen molar-refractivity contribution in [3.8, 4) is 5.75 Å². The second-order valence-corrected chi connectivity index (χ2v) is 6.35. The van der Waals surface area contributed by atoms with Crippen molar-refractivity contribution in [2.45, 2.75) is 19.2 Å². The van der Waals surface area contributed by atoms with Crippen LogP contribution in [0.2, 0.25) is 5.02 Å². The fraction of sp³-hybridized carbons (Fsp3) is 0.150. The highest BCUT2D eigenvalue weighted by Gasteiger charge is 2.34. The number of fused-ring (bicyclic) bond motifs is 1. The number of hydrogen-bond acceptors (Lipinski definition) is 2. The number of anilines is 1. The Balaban J connectivity index is 1.81. The van der Waals surface area contributed by atoms with E-state index >= 15 is 0 Å². The van der Waals surface area contributed by atoms with Gasteiger partial charge in [0.05, 0.1) is 11.3 Å². The Morgan fingerprint density at radius 3 is 2.52 bits per heavy atom. The van der Waals surface area contributed by atoms with E-state index < -0.39 is 23.8 Å². The Labute approximate surface area is 158 Å². The van der Waals surface area contributed by atoms with Crippen molar-refractivity contribution in [3.63, 3.8) is 0 Å². The average Bonchev–Trinajstić information content (AvgIpc) is 2.62. The minimum Gasteiger partial charge on any atom is -0.480 e. The lowest BCUT2D eigenvalue weighted by atomic mass is 10.1. The molecule has 1 amide bonds. The lowest BCUT2D eigenvalue weighted by Crippen LogP contribution is -2.31. The standard InChI is InChI=1S/C20H15ClF3NO2/c1-12(27-18-8-4-6-13-5-2-3-7-15(13)18)19(26)25-17-10-9-14(21)11-16(17)20(22,23)24/h2-12H,1H3,(H,25,26). The van der Waals surface area contributed by atoms with Crippen molar-refractivity contribution in [1.29, 1.82) is 0 Å². The van der Waals surface area contributed by atoms with Crippen LogP contribution in [-0.4, -0.2) is 12.0 Å². The monoisotopic (exact) mass is 393 g/mol. The molecule has 3 nitrogen and oxygen atoms in total. The number of amides is 1. The van der Waals surface area contributed by atoms with Crippen molar-refractivity contribution < 1.29 is 22.7 Å². The van der Waals surface area contributed by atoms with Gasteiger partial charge in [0.2, 0.25) is 0 Å². The van der Waals surface area contributed by atoms with Crippen molar-refractivity contribution in [2.24, 2.45) is 0 Å². The number of nitrogens with one attached hydrogen (secondary N) is 1.